The number of aromatic nitrogens is 3. The number of esters is 1. The van der Waals surface area contributed by atoms with E-state index in [1.165, 1.54) is 6.20 Å². The van der Waals surface area contributed by atoms with Crippen molar-refractivity contribution in [1.29, 1.82) is 0 Å². The third-order valence-electron chi connectivity index (χ3n) is 2.82. The standard InChI is InChI=1S/C13H17N3O2/c1-4-9-7-10(5-2)16-12(15-9)11(8-14-16)13(17)18-6-3/h7-8H,4-6H2,1-3H3. The lowest BCUT2D eigenvalue weighted by Gasteiger charge is -2.05. The minimum absolute atomic E-state index is 0.351. The van der Waals surface area contributed by atoms with Crippen LogP contribution in [0.5, 0.6) is 0 Å². The number of ether oxygens (including phenoxy) is 1. The van der Waals surface area contributed by atoms with Crippen LogP contribution in [-0.2, 0) is 17.6 Å². The number of rotatable bonds is 4. The number of hydrogen-bond acceptors (Lipinski definition) is 4. The van der Waals surface area contributed by atoms with E-state index >= 15 is 0 Å². The Morgan fingerprint density at radius 1 is 1.33 bits per heavy atom. The maximum Gasteiger partial charge on any atom is 0.343 e. The Balaban J connectivity index is 2.60. The van der Waals surface area contributed by atoms with Gasteiger partial charge in [0.15, 0.2) is 5.65 Å². The zero-order valence-electron chi connectivity index (χ0n) is 10.9. The molecule has 0 spiro atoms. The van der Waals surface area contributed by atoms with Gasteiger partial charge in [0, 0.05) is 11.4 Å². The van der Waals surface area contributed by atoms with Crippen molar-refractivity contribution < 1.29 is 9.53 Å². The zero-order valence-corrected chi connectivity index (χ0v) is 10.9. The molecule has 5 nitrogen and oxygen atoms in total. The van der Waals surface area contributed by atoms with Crippen LogP contribution >= 0.6 is 0 Å². The molecule has 0 saturated heterocycles. The summed E-state index contributed by atoms with van der Waals surface area (Å²) in [6.45, 7) is 6.23. The lowest BCUT2D eigenvalue weighted by atomic mass is 10.2. The molecule has 0 radical (unpaired) electrons. The molecule has 0 aliphatic rings. The SMILES string of the molecule is CCOC(=O)c1cnn2c(CC)cc(CC)nc12. The Bertz CT molecular complexity index is 575. The van der Waals surface area contributed by atoms with Crippen LogP contribution in [0.1, 0.15) is 42.5 Å². The monoisotopic (exact) mass is 247 g/mol. The first-order valence-electron chi connectivity index (χ1n) is 6.24. The summed E-state index contributed by atoms with van der Waals surface area (Å²) in [5.74, 6) is -0.365. The van der Waals surface area contributed by atoms with Gasteiger partial charge in [0.1, 0.15) is 5.56 Å². The smallest absolute Gasteiger partial charge is 0.343 e. The molecule has 2 rings (SSSR count). The number of fused-ring (bicyclic) bond motifs is 1. The molecule has 5 heteroatoms. The van der Waals surface area contributed by atoms with Crippen molar-refractivity contribution in [3.05, 3.63) is 29.2 Å². The molecular formula is C13H17N3O2. The summed E-state index contributed by atoms with van der Waals surface area (Å²) in [4.78, 5) is 16.3. The third kappa shape index (κ3) is 2.08. The molecule has 0 N–H and O–H groups in total. The summed E-state index contributed by atoms with van der Waals surface area (Å²) in [6.07, 6.45) is 3.20. The van der Waals surface area contributed by atoms with Gasteiger partial charge >= 0.3 is 5.97 Å². The van der Waals surface area contributed by atoms with Crippen LogP contribution in [-0.4, -0.2) is 27.2 Å². The third-order valence-corrected chi connectivity index (χ3v) is 2.82. The quantitative estimate of drug-likeness (QED) is 0.776. The lowest BCUT2D eigenvalue weighted by Crippen LogP contribution is -2.07. The van der Waals surface area contributed by atoms with Gasteiger partial charge in [-0.2, -0.15) is 5.10 Å². The first-order valence-corrected chi connectivity index (χ1v) is 6.24. The molecule has 0 aromatic carbocycles. The van der Waals surface area contributed by atoms with Crippen molar-refractivity contribution in [3.8, 4) is 0 Å². The summed E-state index contributed by atoms with van der Waals surface area (Å²) in [5, 5.41) is 4.22. The molecule has 2 heterocycles. The van der Waals surface area contributed by atoms with Crippen LogP contribution in [0.4, 0.5) is 0 Å². The molecule has 18 heavy (non-hydrogen) atoms. The van der Waals surface area contributed by atoms with E-state index in [2.05, 4.69) is 17.0 Å². The molecule has 2 aromatic rings. The maximum atomic E-state index is 11.8. The summed E-state index contributed by atoms with van der Waals surface area (Å²) in [7, 11) is 0. The van der Waals surface area contributed by atoms with E-state index in [9.17, 15) is 4.79 Å². The molecule has 0 amide bonds. The highest BCUT2D eigenvalue weighted by Crippen LogP contribution is 2.14. The average molecular weight is 247 g/mol. The molecule has 0 atom stereocenters. The maximum absolute atomic E-state index is 11.8. The van der Waals surface area contributed by atoms with Crippen LogP contribution in [0.2, 0.25) is 0 Å². The van der Waals surface area contributed by atoms with Crippen LogP contribution in [0.25, 0.3) is 5.65 Å². The topological polar surface area (TPSA) is 56.5 Å². The Kier molecular flexibility index (Phi) is 3.60. The van der Waals surface area contributed by atoms with Crippen molar-refractivity contribution in [3.63, 3.8) is 0 Å². The second-order valence-electron chi connectivity index (χ2n) is 3.96. The van der Waals surface area contributed by atoms with E-state index in [1.807, 2.05) is 13.0 Å². The second kappa shape index (κ2) is 5.16. The average Bonchev–Trinajstić information content (AvgIpc) is 2.81. The highest BCUT2D eigenvalue weighted by Gasteiger charge is 2.17. The van der Waals surface area contributed by atoms with E-state index < -0.39 is 0 Å². The van der Waals surface area contributed by atoms with E-state index in [1.54, 1.807) is 11.4 Å². The fraction of sp³-hybridized carbons (Fsp3) is 0.462. The number of aryl methyl sites for hydroxylation is 2. The van der Waals surface area contributed by atoms with Crippen LogP contribution in [0, 0.1) is 0 Å². The highest BCUT2D eigenvalue weighted by molar-refractivity contribution is 5.95. The fourth-order valence-corrected chi connectivity index (χ4v) is 1.87. The molecule has 0 bridgehead atoms. The van der Waals surface area contributed by atoms with Crippen molar-refractivity contribution in [1.82, 2.24) is 14.6 Å². The van der Waals surface area contributed by atoms with Crippen molar-refractivity contribution in [2.24, 2.45) is 0 Å². The molecular weight excluding hydrogens is 230 g/mol. The molecule has 2 aromatic heterocycles. The predicted octanol–water partition coefficient (Wildman–Crippen LogP) is 2.03. The Morgan fingerprint density at radius 3 is 2.72 bits per heavy atom. The predicted molar refractivity (Wildman–Crippen MR) is 67.7 cm³/mol. The number of carbonyl (C=O) groups excluding carboxylic acids is 1. The Hall–Kier alpha value is -1.91. The van der Waals surface area contributed by atoms with Crippen molar-refractivity contribution >= 4 is 11.6 Å². The van der Waals surface area contributed by atoms with Crippen molar-refractivity contribution in [2.45, 2.75) is 33.6 Å². The van der Waals surface area contributed by atoms with Gasteiger partial charge in [-0.3, -0.25) is 0 Å². The van der Waals surface area contributed by atoms with Crippen LogP contribution in [0.3, 0.4) is 0 Å². The summed E-state index contributed by atoms with van der Waals surface area (Å²) >= 11 is 0. The van der Waals surface area contributed by atoms with Crippen LogP contribution < -0.4 is 0 Å². The van der Waals surface area contributed by atoms with Gasteiger partial charge in [-0.05, 0) is 25.8 Å². The van der Waals surface area contributed by atoms with Gasteiger partial charge in [-0.1, -0.05) is 13.8 Å². The lowest BCUT2D eigenvalue weighted by molar-refractivity contribution is 0.0528. The molecule has 0 unspecified atom stereocenters. The van der Waals surface area contributed by atoms with Gasteiger partial charge in [-0.25, -0.2) is 14.3 Å². The molecule has 0 saturated carbocycles. The first kappa shape index (κ1) is 12.5. The summed E-state index contributed by atoms with van der Waals surface area (Å²) < 4.78 is 6.72. The highest BCUT2D eigenvalue weighted by atomic mass is 16.5. The fourth-order valence-electron chi connectivity index (χ4n) is 1.87. The minimum atomic E-state index is -0.365. The zero-order chi connectivity index (χ0) is 13.1. The van der Waals surface area contributed by atoms with Crippen molar-refractivity contribution in [2.75, 3.05) is 6.61 Å². The Morgan fingerprint density at radius 2 is 2.11 bits per heavy atom. The van der Waals surface area contributed by atoms with Gasteiger partial charge in [0.05, 0.1) is 12.8 Å². The number of nitrogens with zero attached hydrogens (tertiary/aromatic N) is 3. The summed E-state index contributed by atoms with van der Waals surface area (Å²) in [5.41, 5.74) is 3.03. The largest absolute Gasteiger partial charge is 0.462 e. The van der Waals surface area contributed by atoms with Gasteiger partial charge < -0.3 is 4.74 Å². The van der Waals surface area contributed by atoms with Gasteiger partial charge in [0.25, 0.3) is 0 Å². The van der Waals surface area contributed by atoms with Gasteiger partial charge in [0.2, 0.25) is 0 Å². The summed E-state index contributed by atoms with van der Waals surface area (Å²) in [6, 6.07) is 2.02. The molecule has 0 fully saturated rings. The number of hydrogen-bond donors (Lipinski definition) is 0. The van der Waals surface area contributed by atoms with E-state index in [-0.39, 0.29) is 5.97 Å². The molecule has 0 aliphatic heterocycles. The van der Waals surface area contributed by atoms with E-state index in [0.717, 1.165) is 24.2 Å². The first-order chi connectivity index (χ1) is 8.71. The van der Waals surface area contributed by atoms with Crippen LogP contribution in [0.15, 0.2) is 12.3 Å². The van der Waals surface area contributed by atoms with Gasteiger partial charge in [-0.15, -0.1) is 0 Å². The van der Waals surface area contributed by atoms with E-state index in [0.29, 0.717) is 17.8 Å². The molecule has 0 aliphatic carbocycles. The molecule has 96 valence electrons. The second-order valence-corrected chi connectivity index (χ2v) is 3.96. The number of carbonyl (C=O) groups is 1. The normalized spacial score (nSPS) is 10.8. The Labute approximate surface area is 106 Å². The minimum Gasteiger partial charge on any atom is -0.462 e. The van der Waals surface area contributed by atoms with E-state index in [4.69, 9.17) is 4.74 Å².